The number of halogens is 1. The lowest BCUT2D eigenvalue weighted by Crippen LogP contribution is -2.24. The fourth-order valence-corrected chi connectivity index (χ4v) is 2.94. The van der Waals surface area contributed by atoms with Gasteiger partial charge in [-0.1, -0.05) is 48.6 Å². The summed E-state index contributed by atoms with van der Waals surface area (Å²) in [4.78, 5) is 0.245. The summed E-state index contributed by atoms with van der Waals surface area (Å²) in [5.41, 5.74) is 1.85. The molecule has 0 fully saturated rings. The van der Waals surface area contributed by atoms with E-state index in [2.05, 4.69) is 16.6 Å². The molecular weight excluding hydrogens is 318 g/mol. The van der Waals surface area contributed by atoms with Gasteiger partial charge in [0.2, 0.25) is 10.0 Å². The Balaban J connectivity index is 2.01. The molecule has 1 N–H and O–H groups in total. The molecule has 0 spiro atoms. The largest absolute Gasteiger partial charge is 0.241 e. The zero-order valence-electron chi connectivity index (χ0n) is 12.1. The number of hydrogen-bond donors (Lipinski definition) is 1. The highest BCUT2D eigenvalue weighted by molar-refractivity contribution is 7.89. The maximum atomic E-state index is 12.1. The quantitative estimate of drug-likeness (QED) is 0.873. The molecule has 2 aromatic rings. The van der Waals surface area contributed by atoms with E-state index in [-0.39, 0.29) is 11.4 Å². The molecule has 0 amide bonds. The standard InChI is InChI=1S/C17H16ClNO2S/c1-2-14-8-10-17(11-9-14)22(20,21)19-12-4-6-15-5-3-7-16(18)13-15/h3,5,7-11,13,19H,2,12H2,1H3. The maximum absolute atomic E-state index is 12.1. The fourth-order valence-electron chi connectivity index (χ4n) is 1.83. The highest BCUT2D eigenvalue weighted by atomic mass is 35.5. The molecule has 2 rings (SSSR count). The van der Waals surface area contributed by atoms with Crippen LogP contribution in [0.15, 0.2) is 53.4 Å². The molecule has 0 aromatic heterocycles. The van der Waals surface area contributed by atoms with Gasteiger partial charge >= 0.3 is 0 Å². The summed E-state index contributed by atoms with van der Waals surface area (Å²) in [6, 6.07) is 13.9. The van der Waals surface area contributed by atoms with E-state index in [4.69, 9.17) is 11.6 Å². The SMILES string of the molecule is CCc1ccc(S(=O)(=O)NCC#Cc2cccc(Cl)c2)cc1. The van der Waals surface area contributed by atoms with Crippen LogP contribution in [0, 0.1) is 11.8 Å². The molecule has 0 saturated heterocycles. The van der Waals surface area contributed by atoms with E-state index in [0.29, 0.717) is 5.02 Å². The van der Waals surface area contributed by atoms with Crippen LogP contribution in [0.4, 0.5) is 0 Å². The Morgan fingerprint density at radius 2 is 1.86 bits per heavy atom. The number of benzene rings is 2. The first-order chi connectivity index (χ1) is 10.5. The number of nitrogens with one attached hydrogen (secondary N) is 1. The van der Waals surface area contributed by atoms with Crippen LogP contribution in [-0.2, 0) is 16.4 Å². The van der Waals surface area contributed by atoms with E-state index in [1.165, 1.54) is 0 Å². The Bertz CT molecular complexity index is 803. The van der Waals surface area contributed by atoms with E-state index in [0.717, 1.165) is 17.5 Å². The second-order valence-corrected chi connectivity index (χ2v) is 6.84. The summed E-state index contributed by atoms with van der Waals surface area (Å²) >= 11 is 5.86. The van der Waals surface area contributed by atoms with Gasteiger partial charge in [-0.05, 0) is 42.3 Å². The molecule has 0 saturated carbocycles. The highest BCUT2D eigenvalue weighted by Gasteiger charge is 2.11. The van der Waals surface area contributed by atoms with E-state index in [1.54, 1.807) is 30.3 Å². The molecule has 3 nitrogen and oxygen atoms in total. The zero-order chi connectivity index (χ0) is 16.0. The lowest BCUT2D eigenvalue weighted by Gasteiger charge is -2.04. The van der Waals surface area contributed by atoms with Gasteiger partial charge in [-0.2, -0.15) is 4.72 Å². The summed E-state index contributed by atoms with van der Waals surface area (Å²) < 4.78 is 26.7. The van der Waals surface area contributed by atoms with Crippen LogP contribution in [0.1, 0.15) is 18.1 Å². The molecular formula is C17H16ClNO2S. The van der Waals surface area contributed by atoms with Gasteiger partial charge in [0.25, 0.3) is 0 Å². The maximum Gasteiger partial charge on any atom is 0.241 e. The summed E-state index contributed by atoms with van der Waals surface area (Å²) in [5, 5.41) is 0.600. The first kappa shape index (κ1) is 16.6. The van der Waals surface area contributed by atoms with Gasteiger partial charge in [-0.3, -0.25) is 0 Å². The van der Waals surface area contributed by atoms with Crippen molar-refractivity contribution in [1.29, 1.82) is 0 Å². The van der Waals surface area contributed by atoms with E-state index in [1.807, 2.05) is 25.1 Å². The Hall–Kier alpha value is -1.80. The molecule has 0 aliphatic heterocycles. The molecule has 0 aliphatic carbocycles. The highest BCUT2D eigenvalue weighted by Crippen LogP contribution is 2.11. The third-order valence-electron chi connectivity index (χ3n) is 3.05. The molecule has 0 bridgehead atoms. The summed E-state index contributed by atoms with van der Waals surface area (Å²) in [6.45, 7) is 2.07. The number of hydrogen-bond acceptors (Lipinski definition) is 2. The molecule has 0 aliphatic rings. The lowest BCUT2D eigenvalue weighted by atomic mass is 10.2. The van der Waals surface area contributed by atoms with Crippen molar-refractivity contribution in [1.82, 2.24) is 4.72 Å². The minimum Gasteiger partial charge on any atom is -0.207 e. The predicted molar refractivity (Wildman–Crippen MR) is 89.3 cm³/mol. The van der Waals surface area contributed by atoms with Crippen molar-refractivity contribution in [3.05, 3.63) is 64.7 Å². The summed E-state index contributed by atoms with van der Waals surface area (Å²) in [7, 11) is -3.53. The van der Waals surface area contributed by atoms with Crippen LogP contribution in [-0.4, -0.2) is 15.0 Å². The molecule has 0 unspecified atom stereocenters. The second kappa shape index (κ2) is 7.46. The number of rotatable bonds is 4. The molecule has 0 radical (unpaired) electrons. The van der Waals surface area contributed by atoms with Gasteiger partial charge in [-0.25, -0.2) is 8.42 Å². The first-order valence-corrected chi connectivity index (χ1v) is 8.70. The van der Waals surface area contributed by atoms with Crippen molar-refractivity contribution in [2.45, 2.75) is 18.2 Å². The van der Waals surface area contributed by atoms with Gasteiger partial charge in [-0.15, -0.1) is 0 Å². The normalized spacial score (nSPS) is 10.8. The molecule has 0 atom stereocenters. The van der Waals surface area contributed by atoms with E-state index < -0.39 is 10.0 Å². The van der Waals surface area contributed by atoms with Crippen molar-refractivity contribution in [2.75, 3.05) is 6.54 Å². The monoisotopic (exact) mass is 333 g/mol. The Labute approximate surface area is 136 Å². The summed E-state index contributed by atoms with van der Waals surface area (Å²) in [5.74, 6) is 5.64. The minimum absolute atomic E-state index is 0.0460. The summed E-state index contributed by atoms with van der Waals surface area (Å²) in [6.07, 6.45) is 0.874. The van der Waals surface area contributed by atoms with Crippen LogP contribution in [0.2, 0.25) is 5.02 Å². The first-order valence-electron chi connectivity index (χ1n) is 6.84. The van der Waals surface area contributed by atoms with Gasteiger partial charge in [0, 0.05) is 10.6 Å². The second-order valence-electron chi connectivity index (χ2n) is 4.63. The molecule has 114 valence electrons. The van der Waals surface area contributed by atoms with Crippen molar-refractivity contribution >= 4 is 21.6 Å². The van der Waals surface area contributed by atoms with Crippen LogP contribution in [0.3, 0.4) is 0 Å². The van der Waals surface area contributed by atoms with Crippen LogP contribution < -0.4 is 4.72 Å². The van der Waals surface area contributed by atoms with E-state index in [9.17, 15) is 8.42 Å². The van der Waals surface area contributed by atoms with E-state index >= 15 is 0 Å². The number of aryl methyl sites for hydroxylation is 1. The topological polar surface area (TPSA) is 46.2 Å². The zero-order valence-corrected chi connectivity index (χ0v) is 13.7. The number of sulfonamides is 1. The smallest absolute Gasteiger partial charge is 0.207 e. The Morgan fingerprint density at radius 1 is 1.14 bits per heavy atom. The molecule has 0 heterocycles. The Kier molecular flexibility index (Phi) is 5.62. The third kappa shape index (κ3) is 4.60. The predicted octanol–water partition coefficient (Wildman–Crippen LogP) is 3.23. The van der Waals surface area contributed by atoms with Crippen LogP contribution in [0.5, 0.6) is 0 Å². The van der Waals surface area contributed by atoms with Gasteiger partial charge in [0.15, 0.2) is 0 Å². The van der Waals surface area contributed by atoms with Crippen LogP contribution in [0.25, 0.3) is 0 Å². The van der Waals surface area contributed by atoms with Gasteiger partial charge in [0.1, 0.15) is 0 Å². The van der Waals surface area contributed by atoms with Crippen molar-refractivity contribution in [2.24, 2.45) is 0 Å². The van der Waals surface area contributed by atoms with Gasteiger partial charge < -0.3 is 0 Å². The molecule has 5 heteroatoms. The van der Waals surface area contributed by atoms with Crippen LogP contribution >= 0.6 is 11.6 Å². The average Bonchev–Trinajstić information content (AvgIpc) is 2.52. The van der Waals surface area contributed by atoms with Gasteiger partial charge in [0.05, 0.1) is 11.4 Å². The van der Waals surface area contributed by atoms with Crippen molar-refractivity contribution in [3.63, 3.8) is 0 Å². The third-order valence-corrected chi connectivity index (χ3v) is 4.70. The minimum atomic E-state index is -3.53. The Morgan fingerprint density at radius 3 is 2.50 bits per heavy atom. The van der Waals surface area contributed by atoms with Crippen molar-refractivity contribution in [3.8, 4) is 11.8 Å². The molecule has 22 heavy (non-hydrogen) atoms. The fraction of sp³-hybridized carbons (Fsp3) is 0.176. The average molecular weight is 334 g/mol. The lowest BCUT2D eigenvalue weighted by molar-refractivity contribution is 0.586. The molecule has 2 aromatic carbocycles. The van der Waals surface area contributed by atoms with Crippen molar-refractivity contribution < 1.29 is 8.42 Å².